The van der Waals surface area contributed by atoms with E-state index in [2.05, 4.69) is 9.50 Å². The van der Waals surface area contributed by atoms with E-state index in [9.17, 15) is 28.0 Å². The molecular weight excluding hydrogens is 309 g/mol. The summed E-state index contributed by atoms with van der Waals surface area (Å²) < 4.78 is 40.5. The van der Waals surface area contributed by atoms with Gasteiger partial charge in [-0.2, -0.15) is 0 Å². The second kappa shape index (κ2) is 7.98. The fourth-order valence-corrected chi connectivity index (χ4v) is 2.24. The first-order chi connectivity index (χ1) is 8.65. The molecule has 1 aliphatic rings. The number of hydrogen-bond acceptors (Lipinski definition) is 9. The van der Waals surface area contributed by atoms with Crippen molar-refractivity contribution in [2.45, 2.75) is 37.6 Å². The predicted molar refractivity (Wildman–Crippen MR) is 56.1 cm³/mol. The molecule has 0 radical (unpaired) electrons. The van der Waals surface area contributed by atoms with Crippen LogP contribution in [0.1, 0.15) is 6.92 Å². The minimum absolute atomic E-state index is 0. The third-order valence-electron chi connectivity index (χ3n) is 2.47. The van der Waals surface area contributed by atoms with Crippen molar-refractivity contribution in [2.24, 2.45) is 0 Å². The van der Waals surface area contributed by atoms with Crippen LogP contribution in [0.15, 0.2) is 0 Å². The maximum atomic E-state index is 10.9. The number of carbonyl (C=O) groups is 1. The van der Waals surface area contributed by atoms with Gasteiger partial charge in [0.25, 0.3) is 0 Å². The predicted octanol–water partition coefficient (Wildman–Crippen LogP) is -6.59. The van der Waals surface area contributed by atoms with Crippen molar-refractivity contribution in [2.75, 3.05) is 6.61 Å². The van der Waals surface area contributed by atoms with Crippen molar-refractivity contribution in [3.05, 3.63) is 0 Å². The Balaban J connectivity index is 0.00000361. The van der Waals surface area contributed by atoms with Crippen molar-refractivity contribution in [3.63, 3.8) is 0 Å². The standard InChI is InChI=1S/C8H15NO9S.Na/c1-3(11)9-5-6(12)7(18-19(14,15)16)4(2-10)17-8(5)13;/h4-8,10,12-13H,2H2,1H3,(H,9,11)(H,14,15,16);/q;+1/p-1. The van der Waals surface area contributed by atoms with Gasteiger partial charge in [-0.05, 0) is 0 Å². The monoisotopic (exact) mass is 323 g/mol. The SMILES string of the molecule is CC(=O)NC1C(O)OC(CO)C(OS(=O)(=O)[O-])C1O.[Na+]. The number of amides is 1. The van der Waals surface area contributed by atoms with Crippen LogP contribution in [-0.4, -0.2) is 71.4 Å². The third-order valence-corrected chi connectivity index (χ3v) is 2.93. The number of nitrogens with one attached hydrogen (secondary N) is 1. The summed E-state index contributed by atoms with van der Waals surface area (Å²) in [5.41, 5.74) is 0. The Labute approximate surface area is 137 Å². The van der Waals surface area contributed by atoms with Crippen LogP contribution < -0.4 is 34.9 Å². The Bertz CT molecular complexity index is 430. The Morgan fingerprint density at radius 3 is 2.40 bits per heavy atom. The maximum absolute atomic E-state index is 10.9. The molecule has 112 valence electrons. The van der Waals surface area contributed by atoms with Crippen LogP contribution >= 0.6 is 0 Å². The van der Waals surface area contributed by atoms with Crippen molar-refractivity contribution >= 4 is 16.3 Å². The molecule has 1 heterocycles. The number of hydrogen-bond donors (Lipinski definition) is 4. The van der Waals surface area contributed by atoms with Gasteiger partial charge in [0.05, 0.1) is 6.61 Å². The van der Waals surface area contributed by atoms with E-state index >= 15 is 0 Å². The average Bonchev–Trinajstić information content (AvgIpc) is 2.26. The zero-order valence-corrected chi connectivity index (χ0v) is 13.6. The third kappa shape index (κ3) is 5.52. The summed E-state index contributed by atoms with van der Waals surface area (Å²) in [6.07, 6.45) is -6.62. The molecule has 5 unspecified atom stereocenters. The Hall–Kier alpha value is 0.180. The summed E-state index contributed by atoms with van der Waals surface area (Å²) in [4.78, 5) is 10.9. The zero-order valence-electron chi connectivity index (χ0n) is 10.8. The zero-order chi connectivity index (χ0) is 14.8. The Kier molecular flexibility index (Phi) is 8.05. The molecule has 0 saturated carbocycles. The van der Waals surface area contributed by atoms with E-state index in [1.807, 2.05) is 0 Å². The van der Waals surface area contributed by atoms with E-state index < -0.39 is 53.6 Å². The molecule has 12 heteroatoms. The van der Waals surface area contributed by atoms with Crippen molar-refractivity contribution in [1.29, 1.82) is 0 Å². The largest absolute Gasteiger partial charge is 1.00 e. The Morgan fingerprint density at radius 2 is 2.00 bits per heavy atom. The first-order valence-electron chi connectivity index (χ1n) is 5.19. The molecule has 0 aromatic rings. The van der Waals surface area contributed by atoms with Crippen LogP contribution in [-0.2, 0) is 24.1 Å². The molecule has 1 rings (SSSR count). The van der Waals surface area contributed by atoms with Gasteiger partial charge in [-0.1, -0.05) is 0 Å². The number of aliphatic hydroxyl groups excluding tert-OH is 3. The summed E-state index contributed by atoms with van der Waals surface area (Å²) in [7, 11) is -5.16. The number of rotatable bonds is 4. The molecule has 1 aliphatic heterocycles. The van der Waals surface area contributed by atoms with Crippen LogP contribution in [0.3, 0.4) is 0 Å². The van der Waals surface area contributed by atoms with E-state index in [4.69, 9.17) is 9.84 Å². The van der Waals surface area contributed by atoms with Crippen LogP contribution in [0, 0.1) is 0 Å². The van der Waals surface area contributed by atoms with Crippen LogP contribution in [0.5, 0.6) is 0 Å². The molecule has 1 amide bonds. The van der Waals surface area contributed by atoms with Gasteiger partial charge in [0.1, 0.15) is 24.4 Å². The fraction of sp³-hybridized carbons (Fsp3) is 0.875. The van der Waals surface area contributed by atoms with E-state index in [0.29, 0.717) is 0 Å². The van der Waals surface area contributed by atoms with Gasteiger partial charge in [0.15, 0.2) is 6.29 Å². The average molecular weight is 323 g/mol. The summed E-state index contributed by atoms with van der Waals surface area (Å²) in [5, 5.41) is 30.4. The van der Waals surface area contributed by atoms with Gasteiger partial charge in [-0.25, -0.2) is 8.42 Å². The molecule has 0 aromatic heterocycles. The maximum Gasteiger partial charge on any atom is 1.00 e. The Morgan fingerprint density at radius 1 is 1.45 bits per heavy atom. The van der Waals surface area contributed by atoms with Gasteiger partial charge in [0.2, 0.25) is 16.3 Å². The van der Waals surface area contributed by atoms with Gasteiger partial charge < -0.3 is 29.9 Å². The summed E-state index contributed by atoms with van der Waals surface area (Å²) in [6.45, 7) is 0.291. The quantitative estimate of drug-likeness (QED) is 0.223. The van der Waals surface area contributed by atoms with Gasteiger partial charge in [0, 0.05) is 6.92 Å². The second-order valence-corrected chi connectivity index (χ2v) is 4.94. The minimum Gasteiger partial charge on any atom is -0.726 e. The van der Waals surface area contributed by atoms with Gasteiger partial charge in [-0.15, -0.1) is 0 Å². The molecule has 1 saturated heterocycles. The molecule has 20 heavy (non-hydrogen) atoms. The van der Waals surface area contributed by atoms with E-state index in [-0.39, 0.29) is 29.6 Å². The van der Waals surface area contributed by atoms with Gasteiger partial charge >= 0.3 is 29.6 Å². The van der Waals surface area contributed by atoms with Crippen LogP contribution in [0.4, 0.5) is 0 Å². The van der Waals surface area contributed by atoms with E-state index in [1.165, 1.54) is 0 Å². The molecule has 0 aliphatic carbocycles. The van der Waals surface area contributed by atoms with Crippen molar-refractivity contribution in [3.8, 4) is 0 Å². The van der Waals surface area contributed by atoms with E-state index in [1.54, 1.807) is 0 Å². The summed E-state index contributed by atoms with van der Waals surface area (Å²) in [6, 6.07) is -1.40. The number of aliphatic hydroxyl groups is 3. The summed E-state index contributed by atoms with van der Waals surface area (Å²) in [5.74, 6) is -0.627. The molecule has 0 aromatic carbocycles. The smallest absolute Gasteiger partial charge is 0.726 e. The van der Waals surface area contributed by atoms with Gasteiger partial charge in [-0.3, -0.25) is 8.98 Å². The van der Waals surface area contributed by atoms with Crippen LogP contribution in [0.25, 0.3) is 0 Å². The van der Waals surface area contributed by atoms with E-state index in [0.717, 1.165) is 6.92 Å². The molecule has 5 atom stereocenters. The summed E-state index contributed by atoms with van der Waals surface area (Å²) >= 11 is 0. The first-order valence-corrected chi connectivity index (χ1v) is 6.52. The molecule has 0 spiro atoms. The number of ether oxygens (including phenoxy) is 1. The van der Waals surface area contributed by atoms with Crippen molar-refractivity contribution in [1.82, 2.24) is 5.32 Å². The molecule has 4 N–H and O–H groups in total. The molecule has 10 nitrogen and oxygen atoms in total. The van der Waals surface area contributed by atoms with Crippen LogP contribution in [0.2, 0.25) is 0 Å². The molecular formula is C8H14NNaO9S. The first kappa shape index (κ1) is 20.2. The van der Waals surface area contributed by atoms with Crippen molar-refractivity contribution < 1.29 is 71.6 Å². The number of carbonyl (C=O) groups excluding carboxylic acids is 1. The molecule has 0 bridgehead atoms. The molecule has 1 fully saturated rings. The normalized spacial score (nSPS) is 34.1. The second-order valence-electron chi connectivity index (χ2n) is 3.93. The topological polar surface area (TPSA) is 165 Å². The minimum atomic E-state index is -5.16. The fourth-order valence-electron chi connectivity index (χ4n) is 1.73.